The second-order valence-corrected chi connectivity index (χ2v) is 5.58. The van der Waals surface area contributed by atoms with Crippen molar-refractivity contribution in [2.45, 2.75) is 25.5 Å². The first-order valence-electron chi connectivity index (χ1n) is 4.88. The predicted molar refractivity (Wildman–Crippen MR) is 62.5 cm³/mol. The molecular formula is C10H14BrNOS. The maximum absolute atomic E-state index is 9.53. The summed E-state index contributed by atoms with van der Waals surface area (Å²) in [7, 11) is 0. The van der Waals surface area contributed by atoms with E-state index in [1.807, 2.05) is 0 Å². The molecule has 0 spiro atoms. The molecule has 14 heavy (non-hydrogen) atoms. The highest BCUT2D eigenvalue weighted by molar-refractivity contribution is 9.10. The zero-order valence-electron chi connectivity index (χ0n) is 7.95. The van der Waals surface area contributed by atoms with Crippen molar-refractivity contribution in [1.82, 2.24) is 4.90 Å². The Morgan fingerprint density at radius 3 is 3.14 bits per heavy atom. The summed E-state index contributed by atoms with van der Waals surface area (Å²) in [6.45, 7) is 2.90. The van der Waals surface area contributed by atoms with Crippen LogP contribution < -0.4 is 0 Å². The van der Waals surface area contributed by atoms with Crippen LogP contribution in [0, 0.1) is 0 Å². The molecule has 1 fully saturated rings. The van der Waals surface area contributed by atoms with Gasteiger partial charge in [0.15, 0.2) is 0 Å². The Hall–Kier alpha value is 0.100. The van der Waals surface area contributed by atoms with Crippen LogP contribution in [-0.4, -0.2) is 29.2 Å². The molecule has 0 saturated carbocycles. The average molecular weight is 276 g/mol. The maximum atomic E-state index is 9.53. The lowest BCUT2D eigenvalue weighted by atomic mass is 10.1. The van der Waals surface area contributed by atoms with Crippen LogP contribution in [0.15, 0.2) is 15.9 Å². The first-order chi connectivity index (χ1) is 6.75. The third-order valence-electron chi connectivity index (χ3n) is 2.54. The van der Waals surface area contributed by atoms with E-state index in [0.717, 1.165) is 32.5 Å². The van der Waals surface area contributed by atoms with Crippen molar-refractivity contribution < 1.29 is 5.11 Å². The van der Waals surface area contributed by atoms with E-state index in [4.69, 9.17) is 0 Å². The van der Waals surface area contributed by atoms with Gasteiger partial charge in [-0.1, -0.05) is 0 Å². The Bertz CT molecular complexity index is 302. The van der Waals surface area contributed by atoms with Gasteiger partial charge in [-0.3, -0.25) is 4.90 Å². The van der Waals surface area contributed by atoms with Crippen LogP contribution in [0.25, 0.3) is 0 Å². The molecule has 1 atom stereocenters. The Balaban J connectivity index is 1.94. The minimum absolute atomic E-state index is 0.123. The lowest BCUT2D eigenvalue weighted by Crippen LogP contribution is -2.37. The zero-order valence-corrected chi connectivity index (χ0v) is 10.4. The molecule has 1 saturated heterocycles. The third-order valence-corrected chi connectivity index (χ3v) is 4.45. The molecule has 1 aromatic rings. The third kappa shape index (κ3) is 2.57. The van der Waals surface area contributed by atoms with Crippen LogP contribution in [0.4, 0.5) is 0 Å². The zero-order chi connectivity index (χ0) is 9.97. The smallest absolute Gasteiger partial charge is 0.0667 e. The lowest BCUT2D eigenvalue weighted by Gasteiger charge is -2.29. The fourth-order valence-corrected chi connectivity index (χ4v) is 3.33. The fourth-order valence-electron chi connectivity index (χ4n) is 1.82. The van der Waals surface area contributed by atoms with Crippen molar-refractivity contribution in [3.05, 3.63) is 20.8 Å². The summed E-state index contributed by atoms with van der Waals surface area (Å²) in [5.41, 5.74) is 0. The van der Waals surface area contributed by atoms with Crippen molar-refractivity contribution >= 4 is 27.3 Å². The van der Waals surface area contributed by atoms with Crippen molar-refractivity contribution in [3.63, 3.8) is 0 Å². The highest BCUT2D eigenvalue weighted by Crippen LogP contribution is 2.25. The second kappa shape index (κ2) is 4.75. The Labute approximate surface area is 96.7 Å². The molecule has 2 heterocycles. The number of rotatable bonds is 2. The first-order valence-corrected chi connectivity index (χ1v) is 6.55. The van der Waals surface area contributed by atoms with Crippen LogP contribution in [-0.2, 0) is 6.54 Å². The van der Waals surface area contributed by atoms with Gasteiger partial charge in [-0.15, -0.1) is 11.3 Å². The summed E-state index contributed by atoms with van der Waals surface area (Å²) in [6.07, 6.45) is 1.95. The molecule has 0 radical (unpaired) electrons. The summed E-state index contributed by atoms with van der Waals surface area (Å²) in [6, 6.07) is 2.08. The quantitative estimate of drug-likeness (QED) is 0.897. The number of aliphatic hydroxyl groups is 1. The summed E-state index contributed by atoms with van der Waals surface area (Å²) >= 11 is 5.30. The summed E-state index contributed by atoms with van der Waals surface area (Å²) < 4.78 is 1.20. The van der Waals surface area contributed by atoms with E-state index in [0.29, 0.717) is 0 Å². The topological polar surface area (TPSA) is 23.5 Å². The fraction of sp³-hybridized carbons (Fsp3) is 0.600. The van der Waals surface area contributed by atoms with E-state index in [2.05, 4.69) is 32.3 Å². The molecule has 78 valence electrons. The van der Waals surface area contributed by atoms with Gasteiger partial charge >= 0.3 is 0 Å². The minimum Gasteiger partial charge on any atom is -0.392 e. The first kappa shape index (κ1) is 10.6. The molecule has 0 unspecified atom stereocenters. The van der Waals surface area contributed by atoms with Gasteiger partial charge in [-0.2, -0.15) is 0 Å². The van der Waals surface area contributed by atoms with Crippen LogP contribution in [0.1, 0.15) is 17.7 Å². The van der Waals surface area contributed by atoms with Crippen LogP contribution in [0.5, 0.6) is 0 Å². The Morgan fingerprint density at radius 2 is 2.50 bits per heavy atom. The van der Waals surface area contributed by atoms with Crippen LogP contribution >= 0.6 is 27.3 Å². The van der Waals surface area contributed by atoms with Gasteiger partial charge in [0.25, 0.3) is 0 Å². The van der Waals surface area contributed by atoms with Crippen molar-refractivity contribution in [2.75, 3.05) is 13.1 Å². The van der Waals surface area contributed by atoms with Crippen LogP contribution in [0.3, 0.4) is 0 Å². The van der Waals surface area contributed by atoms with E-state index in [9.17, 15) is 5.11 Å². The Kier molecular flexibility index (Phi) is 3.60. The summed E-state index contributed by atoms with van der Waals surface area (Å²) in [4.78, 5) is 3.68. The van der Waals surface area contributed by atoms with Gasteiger partial charge in [0, 0.05) is 22.4 Å². The lowest BCUT2D eigenvalue weighted by molar-refractivity contribution is 0.0673. The van der Waals surface area contributed by atoms with Gasteiger partial charge in [-0.25, -0.2) is 0 Å². The van der Waals surface area contributed by atoms with Gasteiger partial charge in [-0.05, 0) is 46.8 Å². The molecule has 1 aromatic heterocycles. The standard InChI is InChI=1S/C10H14BrNOS/c11-9-3-5-14-10(9)7-12-4-1-2-8(13)6-12/h3,5,8,13H,1-2,4,6-7H2/t8-/m0/s1. The highest BCUT2D eigenvalue weighted by Gasteiger charge is 2.18. The van der Waals surface area contributed by atoms with E-state index < -0.39 is 0 Å². The summed E-state index contributed by atoms with van der Waals surface area (Å²) in [5.74, 6) is 0. The number of halogens is 1. The number of nitrogens with zero attached hydrogens (tertiary/aromatic N) is 1. The van der Waals surface area contributed by atoms with E-state index in [-0.39, 0.29) is 6.10 Å². The van der Waals surface area contributed by atoms with E-state index >= 15 is 0 Å². The van der Waals surface area contributed by atoms with Gasteiger partial charge in [0.2, 0.25) is 0 Å². The van der Waals surface area contributed by atoms with Gasteiger partial charge in [0.05, 0.1) is 6.10 Å². The normalized spacial score (nSPS) is 24.0. The Morgan fingerprint density at radius 1 is 1.64 bits per heavy atom. The summed E-state index contributed by atoms with van der Waals surface area (Å²) in [5, 5.41) is 11.6. The monoisotopic (exact) mass is 275 g/mol. The van der Waals surface area contributed by atoms with Gasteiger partial charge < -0.3 is 5.11 Å². The number of hydrogen-bond donors (Lipinski definition) is 1. The molecule has 1 aliphatic rings. The molecule has 2 nitrogen and oxygen atoms in total. The molecule has 1 N–H and O–H groups in total. The molecular weight excluding hydrogens is 262 g/mol. The molecule has 0 bridgehead atoms. The number of piperidine rings is 1. The largest absolute Gasteiger partial charge is 0.392 e. The molecule has 1 aliphatic heterocycles. The van der Waals surface area contributed by atoms with Crippen molar-refractivity contribution in [3.8, 4) is 0 Å². The second-order valence-electron chi connectivity index (χ2n) is 3.72. The number of thiophene rings is 1. The molecule has 2 rings (SSSR count). The van der Waals surface area contributed by atoms with Crippen molar-refractivity contribution in [1.29, 1.82) is 0 Å². The average Bonchev–Trinajstić information content (AvgIpc) is 2.52. The molecule has 0 amide bonds. The molecule has 4 heteroatoms. The number of β-amino-alcohol motifs (C(OH)–C–C–N with tert-alkyl or cyclic N) is 1. The van der Waals surface area contributed by atoms with E-state index in [1.54, 1.807) is 11.3 Å². The number of likely N-dealkylation sites (tertiary alicyclic amines) is 1. The number of hydrogen-bond acceptors (Lipinski definition) is 3. The van der Waals surface area contributed by atoms with Crippen LogP contribution in [0.2, 0.25) is 0 Å². The number of aliphatic hydroxyl groups excluding tert-OH is 1. The van der Waals surface area contributed by atoms with Gasteiger partial charge in [0.1, 0.15) is 0 Å². The highest BCUT2D eigenvalue weighted by atomic mass is 79.9. The SMILES string of the molecule is O[C@H]1CCCN(Cc2sccc2Br)C1. The molecule has 0 aliphatic carbocycles. The predicted octanol–water partition coefficient (Wildman–Crippen LogP) is 2.47. The molecule has 0 aromatic carbocycles. The van der Waals surface area contributed by atoms with Crippen molar-refractivity contribution in [2.24, 2.45) is 0 Å². The maximum Gasteiger partial charge on any atom is 0.0667 e. The van der Waals surface area contributed by atoms with E-state index in [1.165, 1.54) is 9.35 Å². The minimum atomic E-state index is -0.123.